The smallest absolute Gasteiger partial charge is 0.326 e. The van der Waals surface area contributed by atoms with Crippen LogP contribution in [0.5, 0.6) is 0 Å². The van der Waals surface area contributed by atoms with Gasteiger partial charge in [-0.05, 0) is 61.9 Å². The van der Waals surface area contributed by atoms with Gasteiger partial charge < -0.3 is 9.84 Å². The molecule has 0 fully saturated rings. The van der Waals surface area contributed by atoms with Crippen molar-refractivity contribution in [3.05, 3.63) is 101 Å². The van der Waals surface area contributed by atoms with Crippen molar-refractivity contribution in [3.63, 3.8) is 0 Å². The van der Waals surface area contributed by atoms with E-state index in [2.05, 4.69) is 29.5 Å². The summed E-state index contributed by atoms with van der Waals surface area (Å²) < 4.78 is 5.82. The third-order valence-electron chi connectivity index (χ3n) is 6.50. The number of thioether (sulfide) groups is 1. The van der Waals surface area contributed by atoms with Gasteiger partial charge in [0.05, 0.1) is 17.3 Å². The second kappa shape index (κ2) is 10.0. The Labute approximate surface area is 215 Å². The highest BCUT2D eigenvalue weighted by Crippen LogP contribution is 2.39. The van der Waals surface area contributed by atoms with E-state index in [0.29, 0.717) is 11.7 Å². The van der Waals surface area contributed by atoms with Crippen LogP contribution in [0.4, 0.5) is 10.5 Å². The first-order valence-corrected chi connectivity index (χ1v) is 13.2. The number of rotatable bonds is 6. The molecule has 4 aromatic rings. The molecule has 2 heterocycles. The number of aromatic nitrogens is 2. The number of carbonyl (C=O) groups is 1. The van der Waals surface area contributed by atoms with Crippen molar-refractivity contribution >= 4 is 29.1 Å². The van der Waals surface area contributed by atoms with Gasteiger partial charge in [0, 0.05) is 16.2 Å². The second-order valence-electron chi connectivity index (χ2n) is 8.80. The van der Waals surface area contributed by atoms with Crippen LogP contribution in [-0.2, 0) is 6.42 Å². The molecule has 1 unspecified atom stereocenters. The molecule has 1 atom stereocenters. The molecular formula is C29H28N4O2S. The average Bonchev–Trinajstić information content (AvgIpc) is 3.39. The molecule has 0 spiro atoms. The fraction of sp³-hybridized carbons (Fsp3) is 0.207. The Kier molecular flexibility index (Phi) is 6.65. The van der Waals surface area contributed by atoms with Crippen molar-refractivity contribution in [3.8, 4) is 11.4 Å². The maximum absolute atomic E-state index is 13.4. The Bertz CT molecular complexity index is 1410. The fourth-order valence-corrected chi connectivity index (χ4v) is 4.82. The Morgan fingerprint density at radius 1 is 0.972 bits per heavy atom. The van der Waals surface area contributed by atoms with Crippen molar-refractivity contribution in [1.29, 1.82) is 0 Å². The lowest BCUT2D eigenvalue weighted by Crippen LogP contribution is -2.46. The second-order valence-corrected chi connectivity index (χ2v) is 9.68. The van der Waals surface area contributed by atoms with Crippen LogP contribution >= 0.6 is 11.8 Å². The summed E-state index contributed by atoms with van der Waals surface area (Å²) in [6.07, 6.45) is 3.00. The SMILES string of the molecule is CCc1ccc(-c2noc(C3=C(C)N(c4ccc(SC)cc4)C(=O)NC3c3ccc(C)cc3)n2)cc1. The van der Waals surface area contributed by atoms with Crippen LogP contribution in [-0.4, -0.2) is 22.4 Å². The van der Waals surface area contributed by atoms with Gasteiger partial charge >= 0.3 is 6.03 Å². The number of aryl methyl sites for hydroxylation is 2. The Morgan fingerprint density at radius 2 is 1.67 bits per heavy atom. The Morgan fingerprint density at radius 3 is 2.31 bits per heavy atom. The number of nitrogens with one attached hydrogen (secondary N) is 1. The Hall–Kier alpha value is -3.84. The van der Waals surface area contributed by atoms with Gasteiger partial charge in [-0.2, -0.15) is 4.98 Å². The third-order valence-corrected chi connectivity index (χ3v) is 7.25. The summed E-state index contributed by atoms with van der Waals surface area (Å²) in [6, 6.07) is 23.6. The molecule has 3 aromatic carbocycles. The van der Waals surface area contributed by atoms with E-state index in [1.54, 1.807) is 16.7 Å². The normalized spacial score (nSPS) is 15.8. The van der Waals surface area contributed by atoms with Crippen molar-refractivity contribution in [2.24, 2.45) is 0 Å². The summed E-state index contributed by atoms with van der Waals surface area (Å²) >= 11 is 1.66. The van der Waals surface area contributed by atoms with Crippen LogP contribution in [0, 0.1) is 6.92 Å². The molecule has 7 heteroatoms. The van der Waals surface area contributed by atoms with E-state index in [1.807, 2.05) is 80.8 Å². The predicted molar refractivity (Wildman–Crippen MR) is 145 cm³/mol. The zero-order valence-corrected chi connectivity index (χ0v) is 21.6. The fourth-order valence-electron chi connectivity index (χ4n) is 4.41. The van der Waals surface area contributed by atoms with E-state index in [1.165, 1.54) is 5.56 Å². The molecule has 0 saturated carbocycles. The molecule has 0 radical (unpaired) electrons. The van der Waals surface area contributed by atoms with Crippen LogP contribution in [0.2, 0.25) is 0 Å². The van der Waals surface area contributed by atoms with Crippen LogP contribution in [0.3, 0.4) is 0 Å². The highest BCUT2D eigenvalue weighted by Gasteiger charge is 2.36. The summed E-state index contributed by atoms with van der Waals surface area (Å²) in [6.45, 7) is 6.09. The maximum Gasteiger partial charge on any atom is 0.326 e. The lowest BCUT2D eigenvalue weighted by molar-refractivity contribution is 0.244. The van der Waals surface area contributed by atoms with Gasteiger partial charge in [-0.25, -0.2) is 4.79 Å². The van der Waals surface area contributed by atoms with Crippen molar-refractivity contribution in [2.75, 3.05) is 11.2 Å². The number of amides is 2. The van der Waals surface area contributed by atoms with Crippen LogP contribution in [0.1, 0.15) is 42.5 Å². The molecule has 1 aliphatic heterocycles. The molecule has 6 nitrogen and oxygen atoms in total. The highest BCUT2D eigenvalue weighted by molar-refractivity contribution is 7.98. The largest absolute Gasteiger partial charge is 0.334 e. The minimum absolute atomic E-state index is 0.200. The number of benzene rings is 3. The number of hydrogen-bond acceptors (Lipinski definition) is 5. The van der Waals surface area contributed by atoms with E-state index >= 15 is 0 Å². The van der Waals surface area contributed by atoms with Gasteiger partial charge in [0.1, 0.15) is 0 Å². The average molecular weight is 497 g/mol. The molecule has 1 aliphatic rings. The van der Waals surface area contributed by atoms with E-state index in [-0.39, 0.29) is 6.03 Å². The number of nitrogens with zero attached hydrogens (tertiary/aromatic N) is 3. The van der Waals surface area contributed by atoms with Gasteiger partial charge in [-0.1, -0.05) is 66.2 Å². The van der Waals surface area contributed by atoms with Gasteiger partial charge in [-0.3, -0.25) is 4.90 Å². The molecule has 0 aliphatic carbocycles. The van der Waals surface area contributed by atoms with Gasteiger partial charge in [0.15, 0.2) is 0 Å². The lowest BCUT2D eigenvalue weighted by Gasteiger charge is -2.35. The van der Waals surface area contributed by atoms with E-state index < -0.39 is 6.04 Å². The summed E-state index contributed by atoms with van der Waals surface area (Å²) in [5, 5.41) is 7.45. The number of hydrogen-bond donors (Lipinski definition) is 1. The van der Waals surface area contributed by atoms with Crippen molar-refractivity contribution in [2.45, 2.75) is 38.1 Å². The summed E-state index contributed by atoms with van der Waals surface area (Å²) in [5.41, 5.74) is 6.53. The summed E-state index contributed by atoms with van der Waals surface area (Å²) in [4.78, 5) is 21.0. The first kappa shape index (κ1) is 23.9. The monoisotopic (exact) mass is 496 g/mol. The van der Waals surface area contributed by atoms with Crippen LogP contribution in [0.25, 0.3) is 17.0 Å². The molecule has 1 aromatic heterocycles. The summed E-state index contributed by atoms with van der Waals surface area (Å²) in [5.74, 6) is 0.904. The first-order chi connectivity index (χ1) is 17.5. The number of carbonyl (C=O) groups excluding carboxylic acids is 1. The van der Waals surface area contributed by atoms with Crippen molar-refractivity contribution in [1.82, 2.24) is 15.5 Å². The molecule has 2 amide bonds. The minimum Gasteiger partial charge on any atom is -0.334 e. The topological polar surface area (TPSA) is 71.3 Å². The van der Waals surface area contributed by atoms with Crippen molar-refractivity contribution < 1.29 is 9.32 Å². The molecule has 0 bridgehead atoms. The highest BCUT2D eigenvalue weighted by atomic mass is 32.2. The quantitative estimate of drug-likeness (QED) is 0.290. The summed E-state index contributed by atoms with van der Waals surface area (Å²) in [7, 11) is 0. The third kappa shape index (κ3) is 4.54. The van der Waals surface area contributed by atoms with Gasteiger partial charge in [0.2, 0.25) is 5.82 Å². The minimum atomic E-state index is -0.421. The van der Waals surface area contributed by atoms with Gasteiger partial charge in [-0.15, -0.1) is 11.8 Å². The predicted octanol–water partition coefficient (Wildman–Crippen LogP) is 7.03. The first-order valence-electron chi connectivity index (χ1n) is 11.9. The Balaban J connectivity index is 1.61. The molecule has 1 N–H and O–H groups in total. The molecule has 5 rings (SSSR count). The van der Waals surface area contributed by atoms with Gasteiger partial charge in [0.25, 0.3) is 5.89 Å². The van der Waals surface area contributed by atoms with Crippen LogP contribution in [0.15, 0.2) is 87.9 Å². The molecular weight excluding hydrogens is 468 g/mol. The lowest BCUT2D eigenvalue weighted by atomic mass is 9.94. The number of allylic oxidation sites excluding steroid dienone is 1. The van der Waals surface area contributed by atoms with Crippen LogP contribution < -0.4 is 10.2 Å². The molecule has 36 heavy (non-hydrogen) atoms. The zero-order chi connectivity index (χ0) is 25.2. The van der Waals surface area contributed by atoms with E-state index in [4.69, 9.17) is 9.51 Å². The standard InChI is InChI=1S/C29H28N4O2S/c1-5-20-8-12-22(13-9-20)27-31-28(35-32-27)25-19(3)33(23-14-16-24(36-4)17-15-23)29(34)30-26(25)21-10-6-18(2)7-11-21/h6-17,26H,5H2,1-4H3,(H,30,34). The number of anilines is 1. The molecule has 0 saturated heterocycles. The van der Waals surface area contributed by atoms with E-state index in [0.717, 1.165) is 45.0 Å². The zero-order valence-electron chi connectivity index (χ0n) is 20.8. The van der Waals surface area contributed by atoms with E-state index in [9.17, 15) is 4.79 Å². The maximum atomic E-state index is 13.4. The number of urea groups is 1. The molecule has 182 valence electrons.